The third-order valence-corrected chi connectivity index (χ3v) is 3.37. The second-order valence-corrected chi connectivity index (χ2v) is 5.32. The molecule has 6 nitrogen and oxygen atoms in total. The van der Waals surface area contributed by atoms with Gasteiger partial charge in [-0.05, 0) is 36.8 Å². The Morgan fingerprint density at radius 2 is 1.92 bits per heavy atom. The van der Waals surface area contributed by atoms with Crippen LogP contribution in [-0.2, 0) is 0 Å². The normalized spacial score (nSPS) is 10.5. The zero-order valence-electron chi connectivity index (χ0n) is 13.5. The summed E-state index contributed by atoms with van der Waals surface area (Å²) in [6, 6.07) is 13.5. The van der Waals surface area contributed by atoms with Gasteiger partial charge in [0.25, 0.3) is 0 Å². The van der Waals surface area contributed by atoms with Gasteiger partial charge in [0.05, 0.1) is 11.4 Å². The van der Waals surface area contributed by atoms with Crippen molar-refractivity contribution in [3.8, 4) is 11.4 Å². The Balaban J connectivity index is 1.91. The molecule has 2 aromatic heterocycles. The van der Waals surface area contributed by atoms with Crippen molar-refractivity contribution in [1.82, 2.24) is 15.0 Å². The average molecular weight is 339 g/mol. The number of hydrogen-bond donors (Lipinski definition) is 3. The maximum Gasteiger partial charge on any atom is 0.225 e. The highest BCUT2D eigenvalue weighted by molar-refractivity contribution is 5.65. The Morgan fingerprint density at radius 3 is 2.68 bits per heavy atom. The Labute approximate surface area is 144 Å². The highest BCUT2D eigenvalue weighted by Gasteiger charge is 2.08. The number of aliphatic hydroxyl groups excluding tert-OH is 1. The summed E-state index contributed by atoms with van der Waals surface area (Å²) in [5, 5.41) is 15.1. The van der Waals surface area contributed by atoms with Gasteiger partial charge >= 0.3 is 0 Å². The molecule has 3 N–H and O–H groups in total. The first-order valence-electron chi connectivity index (χ1n) is 7.92. The van der Waals surface area contributed by atoms with Crippen molar-refractivity contribution in [2.45, 2.75) is 6.42 Å². The molecule has 0 saturated heterocycles. The van der Waals surface area contributed by atoms with Crippen molar-refractivity contribution < 1.29 is 9.50 Å². The van der Waals surface area contributed by atoms with Crippen LogP contribution in [0.3, 0.4) is 0 Å². The standard InChI is InChI=1S/C18H18FN5O/c19-13-5-3-6-14(11-13)22-17-12-16(15-7-1-2-8-20-15)23-18(24-17)21-9-4-10-25/h1-3,5-8,11-12,25H,4,9-10H2,(H2,21,22,23,24). The van der Waals surface area contributed by atoms with Crippen molar-refractivity contribution in [2.24, 2.45) is 0 Å². The minimum absolute atomic E-state index is 0.0847. The van der Waals surface area contributed by atoms with Crippen LogP contribution in [0.4, 0.5) is 21.8 Å². The number of nitrogens with one attached hydrogen (secondary N) is 2. The first kappa shape index (κ1) is 16.8. The second-order valence-electron chi connectivity index (χ2n) is 5.32. The predicted molar refractivity (Wildman–Crippen MR) is 95.1 cm³/mol. The average Bonchev–Trinajstić information content (AvgIpc) is 2.63. The Hall–Kier alpha value is -3.06. The van der Waals surface area contributed by atoms with Crippen LogP contribution < -0.4 is 10.6 Å². The van der Waals surface area contributed by atoms with Gasteiger partial charge in [-0.2, -0.15) is 4.98 Å². The van der Waals surface area contributed by atoms with Crippen LogP contribution in [-0.4, -0.2) is 33.2 Å². The number of aromatic nitrogens is 3. The summed E-state index contributed by atoms with van der Waals surface area (Å²) in [5.74, 6) is 0.605. The van der Waals surface area contributed by atoms with E-state index in [2.05, 4.69) is 25.6 Å². The summed E-state index contributed by atoms with van der Waals surface area (Å²) < 4.78 is 13.4. The number of nitrogens with zero attached hydrogens (tertiary/aromatic N) is 3. The summed E-state index contributed by atoms with van der Waals surface area (Å²) in [6.45, 7) is 0.628. The van der Waals surface area contributed by atoms with E-state index in [1.165, 1.54) is 12.1 Å². The van der Waals surface area contributed by atoms with Crippen LogP contribution in [0.15, 0.2) is 54.7 Å². The third kappa shape index (κ3) is 4.71. The van der Waals surface area contributed by atoms with Gasteiger partial charge in [-0.3, -0.25) is 4.98 Å². The summed E-state index contributed by atoms with van der Waals surface area (Å²) in [4.78, 5) is 13.1. The molecule has 25 heavy (non-hydrogen) atoms. The molecule has 0 aliphatic rings. The lowest BCUT2D eigenvalue weighted by atomic mass is 10.2. The lowest BCUT2D eigenvalue weighted by Crippen LogP contribution is -2.09. The lowest BCUT2D eigenvalue weighted by Gasteiger charge is -2.11. The maximum absolute atomic E-state index is 13.4. The smallest absolute Gasteiger partial charge is 0.225 e. The van der Waals surface area contributed by atoms with Gasteiger partial charge in [-0.15, -0.1) is 0 Å². The minimum Gasteiger partial charge on any atom is -0.396 e. The molecule has 7 heteroatoms. The first-order valence-corrected chi connectivity index (χ1v) is 7.92. The number of hydrogen-bond acceptors (Lipinski definition) is 6. The topological polar surface area (TPSA) is 83.0 Å². The fraction of sp³-hybridized carbons (Fsp3) is 0.167. The molecular weight excluding hydrogens is 321 g/mol. The Kier molecular flexibility index (Phi) is 5.48. The molecule has 0 atom stereocenters. The largest absolute Gasteiger partial charge is 0.396 e. The second kappa shape index (κ2) is 8.16. The summed E-state index contributed by atoms with van der Waals surface area (Å²) >= 11 is 0. The van der Waals surface area contributed by atoms with Gasteiger partial charge in [0.15, 0.2) is 0 Å². The van der Waals surface area contributed by atoms with Gasteiger partial charge in [0.2, 0.25) is 5.95 Å². The quantitative estimate of drug-likeness (QED) is 0.573. The fourth-order valence-electron chi connectivity index (χ4n) is 2.23. The van der Waals surface area contributed by atoms with Crippen molar-refractivity contribution in [2.75, 3.05) is 23.8 Å². The first-order chi connectivity index (χ1) is 12.2. The maximum atomic E-state index is 13.4. The van der Waals surface area contributed by atoms with Crippen molar-refractivity contribution in [3.63, 3.8) is 0 Å². The number of pyridine rings is 1. The molecule has 0 fully saturated rings. The van der Waals surface area contributed by atoms with E-state index in [4.69, 9.17) is 5.11 Å². The SMILES string of the molecule is OCCCNc1nc(Nc2cccc(F)c2)cc(-c2ccccn2)n1. The zero-order valence-corrected chi connectivity index (χ0v) is 13.5. The number of rotatable bonds is 7. The van der Waals surface area contributed by atoms with Gasteiger partial charge in [0, 0.05) is 31.1 Å². The molecule has 2 heterocycles. The third-order valence-electron chi connectivity index (χ3n) is 3.37. The van der Waals surface area contributed by atoms with Gasteiger partial charge < -0.3 is 15.7 Å². The highest BCUT2D eigenvalue weighted by Crippen LogP contribution is 2.22. The molecule has 0 aliphatic carbocycles. The van der Waals surface area contributed by atoms with E-state index in [9.17, 15) is 4.39 Å². The molecule has 3 rings (SSSR count). The summed E-state index contributed by atoms with van der Waals surface area (Å²) in [5.41, 5.74) is 1.94. The van der Waals surface area contributed by atoms with Crippen LogP contribution in [0.1, 0.15) is 6.42 Å². The molecule has 0 radical (unpaired) electrons. The molecule has 0 amide bonds. The van der Waals surface area contributed by atoms with E-state index >= 15 is 0 Å². The van der Waals surface area contributed by atoms with E-state index in [1.54, 1.807) is 24.4 Å². The van der Waals surface area contributed by atoms with Crippen molar-refractivity contribution in [1.29, 1.82) is 0 Å². The fourth-order valence-corrected chi connectivity index (χ4v) is 2.23. The van der Waals surface area contributed by atoms with Gasteiger partial charge in [0.1, 0.15) is 11.6 Å². The Morgan fingerprint density at radius 1 is 1.00 bits per heavy atom. The molecular formula is C18H18FN5O. The van der Waals surface area contributed by atoms with E-state index in [-0.39, 0.29) is 12.4 Å². The number of benzene rings is 1. The monoisotopic (exact) mass is 339 g/mol. The molecule has 0 spiro atoms. The van der Waals surface area contributed by atoms with Crippen LogP contribution in [0.25, 0.3) is 11.4 Å². The van der Waals surface area contributed by atoms with Crippen molar-refractivity contribution in [3.05, 3.63) is 60.5 Å². The molecule has 128 valence electrons. The molecule has 0 unspecified atom stereocenters. The zero-order chi connectivity index (χ0) is 17.5. The van der Waals surface area contributed by atoms with E-state index in [1.807, 2.05) is 18.2 Å². The molecule has 3 aromatic rings. The highest BCUT2D eigenvalue weighted by atomic mass is 19.1. The van der Waals surface area contributed by atoms with E-state index in [0.717, 1.165) is 0 Å². The molecule has 0 saturated carbocycles. The number of aliphatic hydroxyl groups is 1. The number of halogens is 1. The van der Waals surface area contributed by atoms with Crippen LogP contribution >= 0.6 is 0 Å². The van der Waals surface area contributed by atoms with Crippen LogP contribution in [0.5, 0.6) is 0 Å². The van der Waals surface area contributed by atoms with Crippen molar-refractivity contribution >= 4 is 17.5 Å². The Bertz CT molecular complexity index is 829. The predicted octanol–water partition coefficient (Wildman–Crippen LogP) is 3.22. The molecule has 0 bridgehead atoms. The van der Waals surface area contributed by atoms with Gasteiger partial charge in [-0.1, -0.05) is 12.1 Å². The summed E-state index contributed by atoms with van der Waals surface area (Å²) in [7, 11) is 0. The summed E-state index contributed by atoms with van der Waals surface area (Å²) in [6.07, 6.45) is 2.28. The van der Waals surface area contributed by atoms with E-state index < -0.39 is 0 Å². The molecule has 1 aromatic carbocycles. The van der Waals surface area contributed by atoms with Gasteiger partial charge in [-0.25, -0.2) is 9.37 Å². The molecule has 0 aliphatic heterocycles. The number of anilines is 3. The van der Waals surface area contributed by atoms with Crippen LogP contribution in [0, 0.1) is 5.82 Å². The minimum atomic E-state index is -0.328. The van der Waals surface area contributed by atoms with E-state index in [0.29, 0.717) is 41.8 Å². The van der Waals surface area contributed by atoms with Crippen LogP contribution in [0.2, 0.25) is 0 Å². The lowest BCUT2D eigenvalue weighted by molar-refractivity contribution is 0.292.